The van der Waals surface area contributed by atoms with Crippen molar-refractivity contribution in [1.82, 2.24) is 0 Å². The summed E-state index contributed by atoms with van der Waals surface area (Å²) in [5.41, 5.74) is 0.393. The second-order valence-corrected chi connectivity index (χ2v) is 3.06. The Bertz CT molecular complexity index is 486. The second-order valence-electron chi connectivity index (χ2n) is 3.06. The van der Waals surface area contributed by atoms with E-state index in [-0.39, 0.29) is 28.2 Å². The van der Waals surface area contributed by atoms with Crippen molar-refractivity contribution in [2.24, 2.45) is 0 Å². The van der Waals surface area contributed by atoms with Crippen LogP contribution in [0.5, 0.6) is 0 Å². The number of hydrogen-bond donors (Lipinski definition) is 0. The summed E-state index contributed by atoms with van der Waals surface area (Å²) >= 11 is 0. The molecule has 0 aromatic heterocycles. The van der Waals surface area contributed by atoms with Crippen LogP contribution in [-0.2, 0) is 0 Å². The number of nitro groups is 1. The SMILES string of the molecule is CC(=O)c1ccc([N+](=O)[O-])c(C)c1C#N. The first-order valence-corrected chi connectivity index (χ1v) is 4.18. The number of nitro benzene ring substituents is 1. The van der Waals surface area contributed by atoms with Crippen LogP contribution < -0.4 is 0 Å². The number of nitriles is 1. The van der Waals surface area contributed by atoms with Crippen molar-refractivity contribution in [3.63, 3.8) is 0 Å². The van der Waals surface area contributed by atoms with Crippen molar-refractivity contribution < 1.29 is 9.72 Å². The minimum Gasteiger partial charge on any atom is -0.294 e. The lowest BCUT2D eigenvalue weighted by Gasteiger charge is -2.03. The monoisotopic (exact) mass is 204 g/mol. The summed E-state index contributed by atoms with van der Waals surface area (Å²) < 4.78 is 0. The average molecular weight is 204 g/mol. The van der Waals surface area contributed by atoms with Crippen LogP contribution in [-0.4, -0.2) is 10.7 Å². The predicted octanol–water partition coefficient (Wildman–Crippen LogP) is 1.98. The van der Waals surface area contributed by atoms with Gasteiger partial charge in [0.1, 0.15) is 6.07 Å². The number of rotatable bonds is 2. The zero-order valence-electron chi connectivity index (χ0n) is 8.27. The Balaban J connectivity index is 3.55. The van der Waals surface area contributed by atoms with Crippen LogP contribution in [0.2, 0.25) is 0 Å². The van der Waals surface area contributed by atoms with Crippen LogP contribution in [0.3, 0.4) is 0 Å². The highest BCUT2D eigenvalue weighted by Crippen LogP contribution is 2.24. The smallest absolute Gasteiger partial charge is 0.273 e. The molecule has 0 aliphatic heterocycles. The molecule has 5 heteroatoms. The summed E-state index contributed by atoms with van der Waals surface area (Å²) in [4.78, 5) is 21.2. The largest absolute Gasteiger partial charge is 0.294 e. The Morgan fingerprint density at radius 3 is 2.53 bits per heavy atom. The minimum atomic E-state index is -0.569. The average Bonchev–Trinajstić information content (AvgIpc) is 2.16. The van der Waals surface area contributed by atoms with Gasteiger partial charge in [-0.25, -0.2) is 0 Å². The molecule has 0 aliphatic carbocycles. The number of carbonyl (C=O) groups is 1. The number of Topliss-reactive ketones (excluding diaryl/α,β-unsaturated/α-hetero) is 1. The molecule has 1 aromatic rings. The van der Waals surface area contributed by atoms with Gasteiger partial charge < -0.3 is 0 Å². The highest BCUT2D eigenvalue weighted by atomic mass is 16.6. The zero-order valence-corrected chi connectivity index (χ0v) is 8.27. The van der Waals surface area contributed by atoms with Crippen LogP contribution in [0.1, 0.15) is 28.4 Å². The summed E-state index contributed by atoms with van der Waals surface area (Å²) in [7, 11) is 0. The van der Waals surface area contributed by atoms with E-state index < -0.39 is 4.92 Å². The number of carbonyl (C=O) groups excluding carboxylic acids is 1. The molecule has 0 heterocycles. The van der Waals surface area contributed by atoms with Crippen LogP contribution >= 0.6 is 0 Å². The van der Waals surface area contributed by atoms with Crippen LogP contribution in [0.15, 0.2) is 12.1 Å². The normalized spacial score (nSPS) is 9.40. The van der Waals surface area contributed by atoms with Gasteiger partial charge in [-0.1, -0.05) is 0 Å². The summed E-state index contributed by atoms with van der Waals surface area (Å²) in [6, 6.07) is 4.37. The van der Waals surface area contributed by atoms with Gasteiger partial charge in [0.25, 0.3) is 5.69 Å². The molecule has 0 unspecified atom stereocenters. The number of nitrogens with zero attached hydrogens (tertiary/aromatic N) is 2. The van der Waals surface area contributed by atoms with Gasteiger partial charge in [-0.15, -0.1) is 0 Å². The molecule has 0 radical (unpaired) electrons. The van der Waals surface area contributed by atoms with E-state index in [1.165, 1.54) is 26.0 Å². The van der Waals surface area contributed by atoms with Crippen molar-refractivity contribution in [1.29, 1.82) is 5.26 Å². The molecule has 1 rings (SSSR count). The summed E-state index contributed by atoms with van der Waals surface area (Å²) in [6.45, 7) is 2.78. The Kier molecular flexibility index (Phi) is 2.81. The fourth-order valence-electron chi connectivity index (χ4n) is 1.34. The fraction of sp³-hybridized carbons (Fsp3) is 0.200. The first kappa shape index (κ1) is 10.9. The van der Waals surface area contributed by atoms with Crippen LogP contribution in [0.4, 0.5) is 5.69 Å². The third kappa shape index (κ3) is 1.83. The van der Waals surface area contributed by atoms with E-state index in [0.717, 1.165) is 0 Å². The zero-order chi connectivity index (χ0) is 11.6. The molecule has 1 aromatic carbocycles. The maximum Gasteiger partial charge on any atom is 0.273 e. The van der Waals surface area contributed by atoms with Crippen molar-refractivity contribution >= 4 is 11.5 Å². The van der Waals surface area contributed by atoms with Gasteiger partial charge in [-0.3, -0.25) is 14.9 Å². The maximum atomic E-state index is 11.1. The highest BCUT2D eigenvalue weighted by Gasteiger charge is 2.18. The Morgan fingerprint density at radius 1 is 1.53 bits per heavy atom. The van der Waals surface area contributed by atoms with Crippen LogP contribution in [0, 0.1) is 28.4 Å². The Hall–Kier alpha value is -2.22. The van der Waals surface area contributed by atoms with E-state index in [4.69, 9.17) is 5.26 Å². The van der Waals surface area contributed by atoms with E-state index >= 15 is 0 Å². The van der Waals surface area contributed by atoms with Gasteiger partial charge in [0.15, 0.2) is 5.78 Å². The number of ketones is 1. The highest BCUT2D eigenvalue weighted by molar-refractivity contribution is 5.97. The van der Waals surface area contributed by atoms with E-state index in [2.05, 4.69) is 0 Å². The molecule has 0 saturated carbocycles. The second kappa shape index (κ2) is 3.88. The Morgan fingerprint density at radius 2 is 2.13 bits per heavy atom. The third-order valence-corrected chi connectivity index (χ3v) is 2.12. The van der Waals surface area contributed by atoms with Gasteiger partial charge >= 0.3 is 0 Å². The molecule has 0 spiro atoms. The van der Waals surface area contributed by atoms with Crippen molar-refractivity contribution in [2.75, 3.05) is 0 Å². The molecule has 0 saturated heterocycles. The molecular formula is C10H8N2O3. The number of benzene rings is 1. The lowest BCUT2D eigenvalue weighted by Crippen LogP contribution is -2.02. The first-order chi connectivity index (χ1) is 6.99. The van der Waals surface area contributed by atoms with E-state index in [9.17, 15) is 14.9 Å². The Labute approximate surface area is 86.1 Å². The molecule has 5 nitrogen and oxygen atoms in total. The molecule has 0 fully saturated rings. The lowest BCUT2D eigenvalue weighted by molar-refractivity contribution is -0.385. The van der Waals surface area contributed by atoms with E-state index in [1.807, 2.05) is 6.07 Å². The summed E-state index contributed by atoms with van der Waals surface area (Å²) in [6.07, 6.45) is 0. The third-order valence-electron chi connectivity index (χ3n) is 2.12. The molecule has 76 valence electrons. The van der Waals surface area contributed by atoms with Crippen LogP contribution in [0.25, 0.3) is 0 Å². The molecule has 15 heavy (non-hydrogen) atoms. The number of hydrogen-bond acceptors (Lipinski definition) is 4. The molecule has 0 aliphatic rings. The van der Waals surface area contributed by atoms with Crippen molar-refractivity contribution in [3.05, 3.63) is 38.9 Å². The first-order valence-electron chi connectivity index (χ1n) is 4.18. The fourth-order valence-corrected chi connectivity index (χ4v) is 1.34. The molecule has 0 amide bonds. The molecular weight excluding hydrogens is 196 g/mol. The van der Waals surface area contributed by atoms with Gasteiger partial charge in [-0.05, 0) is 19.9 Å². The topological polar surface area (TPSA) is 84.0 Å². The maximum absolute atomic E-state index is 11.1. The van der Waals surface area contributed by atoms with Gasteiger partial charge in [0, 0.05) is 17.2 Å². The molecule has 0 N–H and O–H groups in total. The predicted molar refractivity (Wildman–Crippen MR) is 52.6 cm³/mol. The lowest BCUT2D eigenvalue weighted by atomic mass is 9.99. The minimum absolute atomic E-state index is 0.0803. The van der Waals surface area contributed by atoms with Gasteiger partial charge in [0.05, 0.1) is 10.5 Å². The van der Waals surface area contributed by atoms with Crippen molar-refractivity contribution in [2.45, 2.75) is 13.8 Å². The standard InChI is InChI=1S/C10H8N2O3/c1-6-9(5-11)8(7(2)13)3-4-10(6)12(14)15/h3-4H,1-2H3. The van der Waals surface area contributed by atoms with Crippen molar-refractivity contribution in [3.8, 4) is 6.07 Å². The van der Waals surface area contributed by atoms with E-state index in [1.54, 1.807) is 0 Å². The molecule has 0 atom stereocenters. The summed E-state index contributed by atoms with van der Waals surface area (Å²) in [5, 5.41) is 19.4. The van der Waals surface area contributed by atoms with Gasteiger partial charge in [-0.2, -0.15) is 5.26 Å². The van der Waals surface area contributed by atoms with Gasteiger partial charge in [0.2, 0.25) is 0 Å². The quantitative estimate of drug-likeness (QED) is 0.418. The summed E-state index contributed by atoms with van der Waals surface area (Å²) in [5.74, 6) is -0.274. The molecule has 0 bridgehead atoms. The van der Waals surface area contributed by atoms with E-state index in [0.29, 0.717) is 0 Å².